The van der Waals surface area contributed by atoms with Crippen molar-refractivity contribution in [1.29, 1.82) is 0 Å². The molecule has 2 N–H and O–H groups in total. The Bertz CT molecular complexity index is 222. The van der Waals surface area contributed by atoms with Gasteiger partial charge in [-0.25, -0.2) is 0 Å². The predicted octanol–water partition coefficient (Wildman–Crippen LogP) is 1.08. The first-order valence-corrected chi connectivity index (χ1v) is 6.05. The lowest BCUT2D eigenvalue weighted by molar-refractivity contribution is -0.130. The van der Waals surface area contributed by atoms with Crippen molar-refractivity contribution in [1.82, 2.24) is 5.32 Å². The molecule has 1 amide bonds. The maximum Gasteiger partial charge on any atom is 0.249 e. The Morgan fingerprint density at radius 1 is 1.56 bits per heavy atom. The van der Waals surface area contributed by atoms with Crippen LogP contribution in [0.25, 0.3) is 0 Å². The third-order valence-electron chi connectivity index (χ3n) is 2.97. The lowest BCUT2D eigenvalue weighted by atomic mass is 9.88. The fourth-order valence-electron chi connectivity index (χ4n) is 1.87. The Balaban J connectivity index is 2.24. The number of aliphatic hydroxyl groups is 1. The predicted molar refractivity (Wildman–Crippen MR) is 62.1 cm³/mol. The molecule has 0 aromatic heterocycles. The van der Waals surface area contributed by atoms with E-state index >= 15 is 0 Å². The molecule has 1 rings (SSSR count). The smallest absolute Gasteiger partial charge is 0.249 e. The van der Waals surface area contributed by atoms with E-state index in [1.165, 1.54) is 0 Å². The lowest BCUT2D eigenvalue weighted by Gasteiger charge is -2.25. The van der Waals surface area contributed by atoms with Gasteiger partial charge in [0.05, 0.1) is 0 Å². The standard InChI is InChI=1S/C12H23NO3/c1-12(2,6-4-7-14)9-13-11(15)10-5-3-8-16-10/h10,14H,3-9H2,1-2H3,(H,13,15). The minimum atomic E-state index is -0.242. The molecular weight excluding hydrogens is 206 g/mol. The molecule has 16 heavy (non-hydrogen) atoms. The maximum absolute atomic E-state index is 11.7. The van der Waals surface area contributed by atoms with E-state index in [-0.39, 0.29) is 24.0 Å². The molecule has 0 bridgehead atoms. The van der Waals surface area contributed by atoms with Gasteiger partial charge in [0, 0.05) is 19.8 Å². The second kappa shape index (κ2) is 6.21. The number of hydrogen-bond acceptors (Lipinski definition) is 3. The number of carbonyl (C=O) groups excluding carboxylic acids is 1. The summed E-state index contributed by atoms with van der Waals surface area (Å²) in [6.45, 7) is 5.75. The molecule has 0 radical (unpaired) electrons. The minimum Gasteiger partial charge on any atom is -0.396 e. The second-order valence-electron chi connectivity index (χ2n) is 5.21. The summed E-state index contributed by atoms with van der Waals surface area (Å²) >= 11 is 0. The number of nitrogens with one attached hydrogen (secondary N) is 1. The highest BCUT2D eigenvalue weighted by Crippen LogP contribution is 2.21. The Morgan fingerprint density at radius 2 is 2.31 bits per heavy atom. The normalized spacial score (nSPS) is 21.1. The van der Waals surface area contributed by atoms with Crippen LogP contribution in [0.2, 0.25) is 0 Å². The van der Waals surface area contributed by atoms with Crippen LogP contribution in [0, 0.1) is 5.41 Å². The highest BCUT2D eigenvalue weighted by atomic mass is 16.5. The molecule has 1 aliphatic heterocycles. The van der Waals surface area contributed by atoms with Crippen molar-refractivity contribution in [2.45, 2.75) is 45.6 Å². The molecule has 0 spiro atoms. The van der Waals surface area contributed by atoms with Crippen LogP contribution in [-0.2, 0) is 9.53 Å². The van der Waals surface area contributed by atoms with E-state index in [9.17, 15) is 4.79 Å². The number of amides is 1. The van der Waals surface area contributed by atoms with Gasteiger partial charge < -0.3 is 15.2 Å². The van der Waals surface area contributed by atoms with Crippen molar-refractivity contribution >= 4 is 5.91 Å². The molecule has 0 aromatic carbocycles. The van der Waals surface area contributed by atoms with Crippen LogP contribution >= 0.6 is 0 Å². The Hall–Kier alpha value is -0.610. The number of aliphatic hydroxyl groups excluding tert-OH is 1. The van der Waals surface area contributed by atoms with Crippen molar-refractivity contribution in [3.8, 4) is 0 Å². The van der Waals surface area contributed by atoms with E-state index in [2.05, 4.69) is 19.2 Å². The summed E-state index contributed by atoms with van der Waals surface area (Å²) in [6, 6.07) is 0. The Labute approximate surface area is 97.4 Å². The zero-order valence-electron chi connectivity index (χ0n) is 10.3. The highest BCUT2D eigenvalue weighted by Gasteiger charge is 2.25. The van der Waals surface area contributed by atoms with Crippen molar-refractivity contribution in [3.63, 3.8) is 0 Å². The second-order valence-corrected chi connectivity index (χ2v) is 5.21. The lowest BCUT2D eigenvalue weighted by Crippen LogP contribution is -2.39. The van der Waals surface area contributed by atoms with Crippen molar-refractivity contribution in [2.24, 2.45) is 5.41 Å². The topological polar surface area (TPSA) is 58.6 Å². The average Bonchev–Trinajstić information content (AvgIpc) is 2.77. The van der Waals surface area contributed by atoms with E-state index in [0.717, 1.165) is 25.7 Å². The fraction of sp³-hybridized carbons (Fsp3) is 0.917. The molecular formula is C12H23NO3. The van der Waals surface area contributed by atoms with Crippen LogP contribution in [0.3, 0.4) is 0 Å². The van der Waals surface area contributed by atoms with Gasteiger partial charge in [-0.1, -0.05) is 13.8 Å². The van der Waals surface area contributed by atoms with Gasteiger partial charge in [0.1, 0.15) is 6.10 Å². The number of rotatable bonds is 6. The SMILES string of the molecule is CC(C)(CCCO)CNC(=O)C1CCCO1. The van der Waals surface area contributed by atoms with Crippen molar-refractivity contribution in [2.75, 3.05) is 19.8 Å². The molecule has 1 aliphatic rings. The summed E-state index contributed by atoms with van der Waals surface area (Å²) in [5.74, 6) is 0.00886. The quantitative estimate of drug-likeness (QED) is 0.716. The summed E-state index contributed by atoms with van der Waals surface area (Å²) in [5.41, 5.74) is 0.0387. The van der Waals surface area contributed by atoms with Gasteiger partial charge in [-0.05, 0) is 31.1 Å². The summed E-state index contributed by atoms with van der Waals surface area (Å²) in [6.07, 6.45) is 3.26. The number of hydrogen-bond donors (Lipinski definition) is 2. The van der Waals surface area contributed by atoms with Crippen LogP contribution in [-0.4, -0.2) is 36.9 Å². The van der Waals surface area contributed by atoms with Gasteiger partial charge >= 0.3 is 0 Å². The van der Waals surface area contributed by atoms with Gasteiger partial charge in [0.15, 0.2) is 0 Å². The van der Waals surface area contributed by atoms with Crippen molar-refractivity contribution < 1.29 is 14.6 Å². The molecule has 4 heteroatoms. The molecule has 1 atom stereocenters. The zero-order valence-corrected chi connectivity index (χ0v) is 10.3. The van der Waals surface area contributed by atoms with Crippen LogP contribution in [0.5, 0.6) is 0 Å². The first-order valence-electron chi connectivity index (χ1n) is 6.05. The third-order valence-corrected chi connectivity index (χ3v) is 2.97. The van der Waals surface area contributed by atoms with Crippen LogP contribution < -0.4 is 5.32 Å². The summed E-state index contributed by atoms with van der Waals surface area (Å²) in [7, 11) is 0. The minimum absolute atomic E-state index is 0.00886. The van der Waals surface area contributed by atoms with Crippen LogP contribution in [0.1, 0.15) is 39.5 Å². The van der Waals surface area contributed by atoms with E-state index in [1.54, 1.807) is 0 Å². The number of ether oxygens (including phenoxy) is 1. The molecule has 1 heterocycles. The molecule has 1 saturated heterocycles. The van der Waals surface area contributed by atoms with Gasteiger partial charge in [-0.15, -0.1) is 0 Å². The molecule has 4 nitrogen and oxygen atoms in total. The summed E-state index contributed by atoms with van der Waals surface area (Å²) in [5, 5.41) is 11.7. The van der Waals surface area contributed by atoms with Gasteiger partial charge in [0.2, 0.25) is 5.91 Å². The molecule has 1 unspecified atom stereocenters. The average molecular weight is 229 g/mol. The van der Waals surface area contributed by atoms with Crippen LogP contribution in [0.4, 0.5) is 0 Å². The third kappa shape index (κ3) is 4.49. The van der Waals surface area contributed by atoms with Gasteiger partial charge in [-0.3, -0.25) is 4.79 Å². The fourth-order valence-corrected chi connectivity index (χ4v) is 1.87. The van der Waals surface area contributed by atoms with Crippen molar-refractivity contribution in [3.05, 3.63) is 0 Å². The Morgan fingerprint density at radius 3 is 2.88 bits per heavy atom. The first-order chi connectivity index (χ1) is 7.55. The van der Waals surface area contributed by atoms with E-state index in [0.29, 0.717) is 13.2 Å². The molecule has 0 saturated carbocycles. The molecule has 94 valence electrons. The monoisotopic (exact) mass is 229 g/mol. The highest BCUT2D eigenvalue weighted by molar-refractivity contribution is 5.80. The van der Waals surface area contributed by atoms with Gasteiger partial charge in [0.25, 0.3) is 0 Å². The Kier molecular flexibility index (Phi) is 5.22. The van der Waals surface area contributed by atoms with E-state index in [1.807, 2.05) is 0 Å². The number of carbonyl (C=O) groups is 1. The van der Waals surface area contributed by atoms with E-state index < -0.39 is 0 Å². The zero-order chi connectivity index (χ0) is 12.0. The van der Waals surface area contributed by atoms with E-state index in [4.69, 9.17) is 9.84 Å². The molecule has 0 aliphatic carbocycles. The summed E-state index contributed by atoms with van der Waals surface area (Å²) < 4.78 is 5.31. The molecule has 1 fully saturated rings. The summed E-state index contributed by atoms with van der Waals surface area (Å²) in [4.78, 5) is 11.7. The largest absolute Gasteiger partial charge is 0.396 e. The van der Waals surface area contributed by atoms with Gasteiger partial charge in [-0.2, -0.15) is 0 Å². The maximum atomic E-state index is 11.7. The van der Waals surface area contributed by atoms with Crippen LogP contribution in [0.15, 0.2) is 0 Å². The molecule has 0 aromatic rings. The first kappa shape index (κ1) is 13.5.